The maximum atomic E-state index is 3.17. The second kappa shape index (κ2) is 7.71. The fourth-order valence-electron chi connectivity index (χ4n) is 1.65. The Morgan fingerprint density at radius 1 is 1.25 bits per heavy atom. The Morgan fingerprint density at radius 2 is 1.94 bits per heavy atom. The highest BCUT2D eigenvalue weighted by molar-refractivity contribution is 7.98. The topological polar surface area (TPSA) is 15.3 Å². The van der Waals surface area contributed by atoms with Crippen molar-refractivity contribution in [1.29, 1.82) is 0 Å². The van der Waals surface area contributed by atoms with Crippen LogP contribution in [0.1, 0.15) is 12.0 Å². The first kappa shape index (κ1) is 13.6. The molecule has 0 unspecified atom stereocenters. The van der Waals surface area contributed by atoms with E-state index >= 15 is 0 Å². The van der Waals surface area contributed by atoms with Gasteiger partial charge in [0.25, 0.3) is 0 Å². The van der Waals surface area contributed by atoms with Crippen molar-refractivity contribution in [3.05, 3.63) is 29.8 Å². The van der Waals surface area contributed by atoms with Gasteiger partial charge in [0, 0.05) is 11.4 Å². The summed E-state index contributed by atoms with van der Waals surface area (Å²) in [6.45, 7) is 3.28. The number of benzene rings is 1. The van der Waals surface area contributed by atoms with Crippen LogP contribution in [0.3, 0.4) is 0 Å². The molecule has 1 aromatic carbocycles. The van der Waals surface area contributed by atoms with Crippen molar-refractivity contribution in [3.8, 4) is 0 Å². The zero-order valence-corrected chi connectivity index (χ0v) is 11.3. The van der Waals surface area contributed by atoms with Crippen molar-refractivity contribution in [2.45, 2.75) is 17.9 Å². The van der Waals surface area contributed by atoms with Crippen LogP contribution in [0.25, 0.3) is 0 Å². The number of hydrogen-bond donors (Lipinski definition) is 1. The molecule has 0 aromatic heterocycles. The monoisotopic (exact) mass is 238 g/mol. The Labute approximate surface area is 103 Å². The van der Waals surface area contributed by atoms with Crippen molar-refractivity contribution in [2.75, 3.05) is 33.4 Å². The lowest BCUT2D eigenvalue weighted by atomic mass is 10.2. The van der Waals surface area contributed by atoms with Crippen molar-refractivity contribution in [1.82, 2.24) is 10.2 Å². The van der Waals surface area contributed by atoms with E-state index in [0.29, 0.717) is 0 Å². The van der Waals surface area contributed by atoms with Gasteiger partial charge < -0.3 is 10.2 Å². The van der Waals surface area contributed by atoms with Crippen LogP contribution >= 0.6 is 11.8 Å². The molecule has 1 N–H and O–H groups in total. The van der Waals surface area contributed by atoms with Gasteiger partial charge in [-0.1, -0.05) is 12.1 Å². The molecule has 0 amide bonds. The summed E-state index contributed by atoms with van der Waals surface area (Å²) in [5, 5.41) is 3.17. The van der Waals surface area contributed by atoms with Gasteiger partial charge in [-0.25, -0.2) is 0 Å². The molecule has 0 spiro atoms. The molecule has 0 atom stereocenters. The first-order valence-corrected chi connectivity index (χ1v) is 6.95. The van der Waals surface area contributed by atoms with Crippen LogP contribution in [0.15, 0.2) is 29.2 Å². The number of nitrogens with zero attached hydrogens (tertiary/aromatic N) is 1. The second-order valence-electron chi connectivity index (χ2n) is 4.04. The van der Waals surface area contributed by atoms with Crippen LogP contribution in [-0.4, -0.2) is 38.3 Å². The minimum absolute atomic E-state index is 1.04. The highest BCUT2D eigenvalue weighted by atomic mass is 32.2. The van der Waals surface area contributed by atoms with Gasteiger partial charge in [-0.05, 0) is 57.6 Å². The molecule has 0 aliphatic rings. The minimum Gasteiger partial charge on any atom is -0.320 e. The van der Waals surface area contributed by atoms with Crippen molar-refractivity contribution >= 4 is 11.8 Å². The Balaban J connectivity index is 2.34. The van der Waals surface area contributed by atoms with Crippen LogP contribution in [0, 0.1) is 0 Å². The van der Waals surface area contributed by atoms with Crippen LogP contribution in [0.2, 0.25) is 0 Å². The van der Waals surface area contributed by atoms with E-state index in [0.717, 1.165) is 19.6 Å². The predicted octanol–water partition coefficient (Wildman–Crippen LogP) is 2.45. The van der Waals surface area contributed by atoms with Crippen LogP contribution in [-0.2, 0) is 6.54 Å². The summed E-state index contributed by atoms with van der Waals surface area (Å²) in [6.07, 6.45) is 3.31. The van der Waals surface area contributed by atoms with E-state index in [-0.39, 0.29) is 0 Å². The lowest BCUT2D eigenvalue weighted by Crippen LogP contribution is -2.22. The molecule has 0 fully saturated rings. The maximum Gasteiger partial charge on any atom is 0.0230 e. The van der Waals surface area contributed by atoms with Crippen LogP contribution in [0.5, 0.6) is 0 Å². The molecule has 3 heteroatoms. The lowest BCUT2D eigenvalue weighted by Gasteiger charge is -2.16. The first-order valence-electron chi connectivity index (χ1n) is 5.72. The number of thioether (sulfide) groups is 1. The molecular formula is C13H22N2S. The molecule has 0 aliphatic carbocycles. The average Bonchev–Trinajstić information content (AvgIpc) is 2.30. The molecule has 90 valence electrons. The largest absolute Gasteiger partial charge is 0.320 e. The van der Waals surface area contributed by atoms with Gasteiger partial charge >= 0.3 is 0 Å². The maximum absolute atomic E-state index is 3.17. The van der Waals surface area contributed by atoms with E-state index < -0.39 is 0 Å². The van der Waals surface area contributed by atoms with Gasteiger partial charge in [-0.2, -0.15) is 0 Å². The van der Waals surface area contributed by atoms with Crippen molar-refractivity contribution in [3.63, 3.8) is 0 Å². The first-order chi connectivity index (χ1) is 7.76. The Hall–Kier alpha value is -0.510. The molecule has 0 aliphatic heterocycles. The van der Waals surface area contributed by atoms with E-state index in [1.165, 1.54) is 16.9 Å². The van der Waals surface area contributed by atoms with Gasteiger partial charge in [0.05, 0.1) is 0 Å². The van der Waals surface area contributed by atoms with E-state index in [2.05, 4.69) is 47.8 Å². The third kappa shape index (κ3) is 5.01. The van der Waals surface area contributed by atoms with Gasteiger partial charge in [0.15, 0.2) is 0 Å². The quantitative estimate of drug-likeness (QED) is 0.580. The molecule has 1 aromatic rings. The summed E-state index contributed by atoms with van der Waals surface area (Å²) in [6, 6.07) is 8.84. The molecule has 2 nitrogen and oxygen atoms in total. The summed E-state index contributed by atoms with van der Waals surface area (Å²) in [5.41, 5.74) is 1.39. The summed E-state index contributed by atoms with van der Waals surface area (Å²) < 4.78 is 0. The minimum atomic E-state index is 1.04. The van der Waals surface area contributed by atoms with Gasteiger partial charge in [-0.3, -0.25) is 0 Å². The highest BCUT2D eigenvalue weighted by Gasteiger charge is 1.99. The van der Waals surface area contributed by atoms with E-state index in [1.807, 2.05) is 7.05 Å². The fraction of sp³-hybridized carbons (Fsp3) is 0.538. The highest BCUT2D eigenvalue weighted by Crippen LogP contribution is 2.15. The summed E-state index contributed by atoms with van der Waals surface area (Å²) in [5.74, 6) is 0. The lowest BCUT2D eigenvalue weighted by molar-refractivity contribution is 0.321. The normalized spacial score (nSPS) is 11.0. The second-order valence-corrected chi connectivity index (χ2v) is 4.92. The van der Waals surface area contributed by atoms with Gasteiger partial charge in [0.2, 0.25) is 0 Å². The van der Waals surface area contributed by atoms with E-state index in [4.69, 9.17) is 0 Å². The zero-order valence-electron chi connectivity index (χ0n) is 10.5. The summed E-state index contributed by atoms with van der Waals surface area (Å²) in [4.78, 5) is 3.70. The van der Waals surface area contributed by atoms with Crippen molar-refractivity contribution < 1.29 is 0 Å². The third-order valence-corrected chi connectivity index (χ3v) is 3.32. The van der Waals surface area contributed by atoms with E-state index in [1.54, 1.807) is 11.8 Å². The van der Waals surface area contributed by atoms with E-state index in [9.17, 15) is 0 Å². The fourth-order valence-corrected chi connectivity index (χ4v) is 2.06. The molecule has 16 heavy (non-hydrogen) atoms. The predicted molar refractivity (Wildman–Crippen MR) is 73.1 cm³/mol. The molecular weight excluding hydrogens is 216 g/mol. The molecule has 0 heterocycles. The number of rotatable bonds is 7. The summed E-state index contributed by atoms with van der Waals surface area (Å²) in [7, 11) is 4.18. The van der Waals surface area contributed by atoms with Gasteiger partial charge in [-0.15, -0.1) is 11.8 Å². The Kier molecular flexibility index (Phi) is 6.53. The van der Waals surface area contributed by atoms with Crippen LogP contribution < -0.4 is 5.32 Å². The Morgan fingerprint density at radius 3 is 2.50 bits per heavy atom. The third-order valence-electron chi connectivity index (χ3n) is 2.58. The molecule has 0 saturated heterocycles. The zero-order chi connectivity index (χ0) is 11.8. The van der Waals surface area contributed by atoms with Gasteiger partial charge in [0.1, 0.15) is 0 Å². The smallest absolute Gasteiger partial charge is 0.0230 e. The number of hydrogen-bond acceptors (Lipinski definition) is 3. The molecule has 1 rings (SSSR count). The van der Waals surface area contributed by atoms with Crippen LogP contribution in [0.4, 0.5) is 0 Å². The SMILES string of the molecule is CNCCCN(C)Cc1ccc(SC)cc1. The van der Waals surface area contributed by atoms with Crippen molar-refractivity contribution in [2.24, 2.45) is 0 Å². The Bertz CT molecular complexity index is 284. The molecule has 0 saturated carbocycles. The number of nitrogens with one attached hydrogen (secondary N) is 1. The molecule has 0 bridgehead atoms. The summed E-state index contributed by atoms with van der Waals surface area (Å²) >= 11 is 1.79. The molecule has 0 radical (unpaired) electrons. The standard InChI is InChI=1S/C13H22N2S/c1-14-9-4-10-15(2)11-12-5-7-13(16-3)8-6-12/h5-8,14H,4,9-11H2,1-3H3. The average molecular weight is 238 g/mol.